The van der Waals surface area contributed by atoms with Crippen molar-refractivity contribution in [3.63, 3.8) is 0 Å². The summed E-state index contributed by atoms with van der Waals surface area (Å²) in [4.78, 5) is 0. The van der Waals surface area contributed by atoms with Gasteiger partial charge < -0.3 is 18.3 Å². The number of hydrogen-bond acceptors (Lipinski definition) is 4. The SMILES string of the molecule is CC1=C[C@H](C[C@@H]2C=C(C)C[C@H](CO[Si](C)(C)C(C)(C)C)O2)O[C@@H](CO[Si](C)(C)C(C)(C)C)C1. The van der Waals surface area contributed by atoms with Crippen molar-refractivity contribution in [3.8, 4) is 0 Å². The monoisotopic (exact) mass is 496 g/mol. The number of rotatable bonds is 8. The smallest absolute Gasteiger partial charge is 0.192 e. The molecule has 0 N–H and O–H groups in total. The normalized spacial score (nSPS) is 27.9. The molecule has 2 heterocycles. The Hall–Kier alpha value is -0.246. The second kappa shape index (κ2) is 10.8. The van der Waals surface area contributed by atoms with Crippen LogP contribution in [0.25, 0.3) is 0 Å². The van der Waals surface area contributed by atoms with Crippen LogP contribution in [0.4, 0.5) is 0 Å². The van der Waals surface area contributed by atoms with Gasteiger partial charge in [-0.25, -0.2) is 0 Å². The van der Waals surface area contributed by atoms with E-state index in [4.69, 9.17) is 18.3 Å². The van der Waals surface area contributed by atoms with E-state index in [-0.39, 0.29) is 34.5 Å². The zero-order valence-electron chi connectivity index (χ0n) is 23.6. The Morgan fingerprint density at radius 2 is 1.06 bits per heavy atom. The molecule has 0 radical (unpaired) electrons. The summed E-state index contributed by atoms with van der Waals surface area (Å²) >= 11 is 0. The van der Waals surface area contributed by atoms with Crippen LogP contribution in [0.5, 0.6) is 0 Å². The molecular formula is C27H52O4Si2. The fourth-order valence-electron chi connectivity index (χ4n) is 3.87. The first-order chi connectivity index (χ1) is 14.9. The predicted octanol–water partition coefficient (Wildman–Crippen LogP) is 7.63. The minimum atomic E-state index is -1.78. The van der Waals surface area contributed by atoms with Gasteiger partial charge in [-0.1, -0.05) is 64.8 Å². The van der Waals surface area contributed by atoms with Crippen molar-refractivity contribution in [2.24, 2.45) is 0 Å². The lowest BCUT2D eigenvalue weighted by Crippen LogP contribution is -2.44. The molecule has 0 amide bonds. The second-order valence-corrected chi connectivity index (χ2v) is 23.0. The van der Waals surface area contributed by atoms with E-state index in [2.05, 4.69) is 93.7 Å². The van der Waals surface area contributed by atoms with Crippen molar-refractivity contribution in [1.29, 1.82) is 0 Å². The third-order valence-electron chi connectivity index (χ3n) is 8.11. The van der Waals surface area contributed by atoms with Gasteiger partial charge in [-0.2, -0.15) is 0 Å². The summed E-state index contributed by atoms with van der Waals surface area (Å²) in [6.07, 6.45) is 7.71. The Kier molecular flexibility index (Phi) is 9.48. The quantitative estimate of drug-likeness (QED) is 0.256. The van der Waals surface area contributed by atoms with E-state index in [0.29, 0.717) is 13.2 Å². The molecular weight excluding hydrogens is 444 g/mol. The first kappa shape index (κ1) is 29.0. The van der Waals surface area contributed by atoms with Gasteiger partial charge in [0, 0.05) is 6.42 Å². The molecule has 192 valence electrons. The zero-order chi connectivity index (χ0) is 25.2. The number of ether oxygens (including phenoxy) is 2. The Labute approximate surface area is 206 Å². The number of hydrogen-bond donors (Lipinski definition) is 0. The van der Waals surface area contributed by atoms with E-state index < -0.39 is 16.6 Å². The van der Waals surface area contributed by atoms with Crippen LogP contribution < -0.4 is 0 Å². The largest absolute Gasteiger partial charge is 0.414 e. The van der Waals surface area contributed by atoms with Gasteiger partial charge in [0.15, 0.2) is 16.6 Å². The lowest BCUT2D eigenvalue weighted by molar-refractivity contribution is -0.0700. The summed E-state index contributed by atoms with van der Waals surface area (Å²) in [5.74, 6) is 0. The Bertz CT molecular complexity index is 653. The zero-order valence-corrected chi connectivity index (χ0v) is 25.6. The molecule has 0 fully saturated rings. The molecule has 0 spiro atoms. The van der Waals surface area contributed by atoms with Crippen LogP contribution in [0, 0.1) is 0 Å². The molecule has 0 aromatic heterocycles. The standard InChI is InChI=1S/C27H52O4Si2/c1-20-13-22(30-24(15-20)18-28-32(9,10)26(3,4)5)17-23-14-21(2)16-25(31-23)19-29-33(11,12)27(6,7)8/h13-14,22-25H,15-19H2,1-12H3/t22-,23+,24-,25-/m1/s1. The summed E-state index contributed by atoms with van der Waals surface area (Å²) < 4.78 is 25.9. The predicted molar refractivity (Wildman–Crippen MR) is 145 cm³/mol. The Balaban J connectivity index is 1.94. The first-order valence-electron chi connectivity index (χ1n) is 12.8. The highest BCUT2D eigenvalue weighted by Gasteiger charge is 2.39. The van der Waals surface area contributed by atoms with Crippen molar-refractivity contribution in [1.82, 2.24) is 0 Å². The molecule has 4 nitrogen and oxygen atoms in total. The highest BCUT2D eigenvalue weighted by Crippen LogP contribution is 2.38. The topological polar surface area (TPSA) is 36.9 Å². The van der Waals surface area contributed by atoms with Crippen molar-refractivity contribution in [3.05, 3.63) is 23.3 Å². The highest BCUT2D eigenvalue weighted by atomic mass is 28.4. The fourth-order valence-corrected chi connectivity index (χ4v) is 5.94. The molecule has 2 rings (SSSR count). The molecule has 0 aromatic rings. The van der Waals surface area contributed by atoms with E-state index in [0.717, 1.165) is 19.3 Å². The van der Waals surface area contributed by atoms with Gasteiger partial charge in [0.25, 0.3) is 0 Å². The average Bonchev–Trinajstić information content (AvgIpc) is 2.62. The Morgan fingerprint density at radius 3 is 1.36 bits per heavy atom. The van der Waals surface area contributed by atoms with Crippen LogP contribution in [0.2, 0.25) is 36.3 Å². The Morgan fingerprint density at radius 1 is 0.727 bits per heavy atom. The van der Waals surface area contributed by atoms with Gasteiger partial charge in [0.2, 0.25) is 0 Å². The van der Waals surface area contributed by atoms with Crippen LogP contribution in [0.15, 0.2) is 23.3 Å². The van der Waals surface area contributed by atoms with Gasteiger partial charge in [-0.05, 0) is 63.0 Å². The van der Waals surface area contributed by atoms with Crippen molar-refractivity contribution >= 4 is 16.6 Å². The molecule has 0 saturated carbocycles. The van der Waals surface area contributed by atoms with E-state index in [1.165, 1.54) is 11.1 Å². The maximum atomic E-state index is 6.48. The minimum Gasteiger partial charge on any atom is -0.414 e. The van der Waals surface area contributed by atoms with Crippen LogP contribution in [-0.2, 0) is 18.3 Å². The van der Waals surface area contributed by atoms with E-state index in [1.807, 2.05) is 0 Å². The van der Waals surface area contributed by atoms with Crippen molar-refractivity contribution < 1.29 is 18.3 Å². The lowest BCUT2D eigenvalue weighted by Gasteiger charge is -2.39. The molecule has 6 heteroatoms. The van der Waals surface area contributed by atoms with Crippen LogP contribution in [0.3, 0.4) is 0 Å². The van der Waals surface area contributed by atoms with E-state index in [1.54, 1.807) is 0 Å². The molecule has 2 aliphatic heterocycles. The molecule has 0 aromatic carbocycles. The molecule has 0 saturated heterocycles. The van der Waals surface area contributed by atoms with Crippen LogP contribution >= 0.6 is 0 Å². The lowest BCUT2D eigenvalue weighted by atomic mass is 9.97. The summed E-state index contributed by atoms with van der Waals surface area (Å²) in [6.45, 7) is 28.8. The summed E-state index contributed by atoms with van der Waals surface area (Å²) in [5.41, 5.74) is 2.79. The van der Waals surface area contributed by atoms with Gasteiger partial charge in [-0.3, -0.25) is 0 Å². The van der Waals surface area contributed by atoms with Crippen LogP contribution in [0.1, 0.15) is 74.7 Å². The third-order valence-corrected chi connectivity index (χ3v) is 17.1. The second-order valence-electron chi connectivity index (χ2n) is 13.4. The van der Waals surface area contributed by atoms with Gasteiger partial charge >= 0.3 is 0 Å². The fraction of sp³-hybridized carbons (Fsp3) is 0.852. The summed E-state index contributed by atoms with van der Waals surface area (Å²) in [5, 5.41) is 0.428. The minimum absolute atomic E-state index is 0.0703. The van der Waals surface area contributed by atoms with Gasteiger partial charge in [0.05, 0.1) is 37.6 Å². The maximum absolute atomic E-state index is 6.48. The summed E-state index contributed by atoms with van der Waals surface area (Å²) in [6, 6.07) is 0. The maximum Gasteiger partial charge on any atom is 0.192 e. The van der Waals surface area contributed by atoms with Crippen molar-refractivity contribution in [2.45, 2.75) is 135 Å². The molecule has 2 aliphatic rings. The van der Waals surface area contributed by atoms with Crippen molar-refractivity contribution in [2.75, 3.05) is 13.2 Å². The van der Waals surface area contributed by atoms with Crippen LogP contribution in [-0.4, -0.2) is 54.3 Å². The molecule has 33 heavy (non-hydrogen) atoms. The van der Waals surface area contributed by atoms with E-state index in [9.17, 15) is 0 Å². The highest BCUT2D eigenvalue weighted by molar-refractivity contribution is 6.74. The third kappa shape index (κ3) is 8.43. The molecule has 0 unspecified atom stereocenters. The van der Waals surface area contributed by atoms with Gasteiger partial charge in [-0.15, -0.1) is 0 Å². The van der Waals surface area contributed by atoms with E-state index >= 15 is 0 Å². The molecule has 4 atom stereocenters. The molecule has 0 bridgehead atoms. The van der Waals surface area contributed by atoms with Gasteiger partial charge in [0.1, 0.15) is 0 Å². The summed E-state index contributed by atoms with van der Waals surface area (Å²) in [7, 11) is -3.55. The first-order valence-corrected chi connectivity index (χ1v) is 18.6. The molecule has 0 aliphatic carbocycles. The average molecular weight is 497 g/mol.